The van der Waals surface area contributed by atoms with Crippen LogP contribution in [-0.4, -0.2) is 12.5 Å². The number of guanidine groups is 1. The van der Waals surface area contributed by atoms with Gasteiger partial charge in [-0.2, -0.15) is 0 Å². The molecule has 0 bridgehead atoms. The fraction of sp³-hybridized carbons (Fsp3) is 0.267. The van der Waals surface area contributed by atoms with Crippen LogP contribution in [0.5, 0.6) is 0 Å². The molecule has 2 rings (SSSR count). The van der Waals surface area contributed by atoms with Crippen molar-refractivity contribution in [1.29, 1.82) is 0 Å². The zero-order valence-corrected chi connectivity index (χ0v) is 11.3. The molecule has 0 aliphatic heterocycles. The van der Waals surface area contributed by atoms with Crippen molar-refractivity contribution in [2.24, 2.45) is 10.7 Å². The second-order valence-corrected chi connectivity index (χ2v) is 4.52. The molecule has 1 aromatic heterocycles. The van der Waals surface area contributed by atoms with Crippen molar-refractivity contribution >= 4 is 11.6 Å². The van der Waals surface area contributed by atoms with Gasteiger partial charge >= 0.3 is 0 Å². The molecule has 4 heteroatoms. The molecule has 1 aromatic carbocycles. The van der Waals surface area contributed by atoms with E-state index in [2.05, 4.69) is 36.3 Å². The Morgan fingerprint density at radius 1 is 1.26 bits per heavy atom. The standard InChI is InChI=1S/C15H19N3O/c1-11-5-6-13(10-12(11)2)18-15(16)17-8-7-14-4-3-9-19-14/h3-6,9-10H,7-8H2,1-2H3,(H3,16,17,18). The Kier molecular flexibility index (Phi) is 4.23. The number of aryl methyl sites for hydroxylation is 2. The summed E-state index contributed by atoms with van der Waals surface area (Å²) in [6.07, 6.45) is 2.41. The van der Waals surface area contributed by atoms with Gasteiger partial charge < -0.3 is 15.5 Å². The maximum atomic E-state index is 5.84. The lowest BCUT2D eigenvalue weighted by atomic mass is 10.1. The van der Waals surface area contributed by atoms with E-state index in [0.717, 1.165) is 17.9 Å². The number of furan rings is 1. The fourth-order valence-corrected chi connectivity index (χ4v) is 1.75. The Morgan fingerprint density at radius 2 is 2.11 bits per heavy atom. The average Bonchev–Trinajstić information content (AvgIpc) is 2.87. The van der Waals surface area contributed by atoms with Crippen LogP contribution >= 0.6 is 0 Å². The van der Waals surface area contributed by atoms with Crippen molar-refractivity contribution in [1.82, 2.24) is 0 Å². The molecular weight excluding hydrogens is 238 g/mol. The number of benzene rings is 1. The zero-order valence-electron chi connectivity index (χ0n) is 11.3. The first-order valence-electron chi connectivity index (χ1n) is 6.32. The first-order valence-corrected chi connectivity index (χ1v) is 6.32. The van der Waals surface area contributed by atoms with Gasteiger partial charge in [0.25, 0.3) is 0 Å². The van der Waals surface area contributed by atoms with Gasteiger partial charge in [-0.25, -0.2) is 0 Å². The van der Waals surface area contributed by atoms with E-state index in [1.54, 1.807) is 6.26 Å². The van der Waals surface area contributed by atoms with Gasteiger partial charge in [0.1, 0.15) is 5.76 Å². The molecule has 0 aliphatic rings. The predicted octanol–water partition coefficient (Wildman–Crippen LogP) is 2.87. The number of nitrogens with one attached hydrogen (secondary N) is 1. The highest BCUT2D eigenvalue weighted by atomic mass is 16.3. The molecule has 1 heterocycles. The lowest BCUT2D eigenvalue weighted by Gasteiger charge is -2.07. The average molecular weight is 257 g/mol. The number of hydrogen-bond donors (Lipinski definition) is 2. The third-order valence-corrected chi connectivity index (χ3v) is 3.00. The molecule has 19 heavy (non-hydrogen) atoms. The van der Waals surface area contributed by atoms with Gasteiger partial charge in [-0.05, 0) is 49.2 Å². The van der Waals surface area contributed by atoms with Crippen LogP contribution < -0.4 is 11.1 Å². The first-order chi connectivity index (χ1) is 9.15. The molecule has 0 saturated heterocycles. The highest BCUT2D eigenvalue weighted by Crippen LogP contribution is 2.13. The number of nitrogens with two attached hydrogens (primary N) is 1. The second kappa shape index (κ2) is 6.09. The van der Waals surface area contributed by atoms with Crippen molar-refractivity contribution in [2.75, 3.05) is 11.9 Å². The highest BCUT2D eigenvalue weighted by Gasteiger charge is 1.98. The van der Waals surface area contributed by atoms with Crippen LogP contribution in [0.4, 0.5) is 5.69 Å². The number of anilines is 1. The van der Waals surface area contributed by atoms with Crippen LogP contribution in [0, 0.1) is 13.8 Å². The van der Waals surface area contributed by atoms with E-state index < -0.39 is 0 Å². The number of rotatable bonds is 4. The van der Waals surface area contributed by atoms with Crippen molar-refractivity contribution in [2.45, 2.75) is 20.3 Å². The molecule has 0 atom stereocenters. The minimum absolute atomic E-state index is 0.426. The lowest BCUT2D eigenvalue weighted by molar-refractivity contribution is 0.511. The minimum atomic E-state index is 0.426. The Morgan fingerprint density at radius 3 is 2.79 bits per heavy atom. The van der Waals surface area contributed by atoms with Crippen molar-refractivity contribution in [3.8, 4) is 0 Å². The molecule has 0 aliphatic carbocycles. The van der Waals surface area contributed by atoms with E-state index in [0.29, 0.717) is 12.5 Å². The van der Waals surface area contributed by atoms with Crippen LogP contribution in [0.15, 0.2) is 46.0 Å². The smallest absolute Gasteiger partial charge is 0.193 e. The van der Waals surface area contributed by atoms with E-state index in [9.17, 15) is 0 Å². The fourth-order valence-electron chi connectivity index (χ4n) is 1.75. The van der Waals surface area contributed by atoms with E-state index in [-0.39, 0.29) is 0 Å². The maximum absolute atomic E-state index is 5.84. The lowest BCUT2D eigenvalue weighted by Crippen LogP contribution is -2.23. The van der Waals surface area contributed by atoms with Crippen LogP contribution in [0.2, 0.25) is 0 Å². The summed E-state index contributed by atoms with van der Waals surface area (Å²) >= 11 is 0. The summed E-state index contributed by atoms with van der Waals surface area (Å²) in [6, 6.07) is 9.92. The molecule has 0 saturated carbocycles. The molecule has 4 nitrogen and oxygen atoms in total. The Balaban J connectivity index is 1.89. The number of nitrogens with zero attached hydrogens (tertiary/aromatic N) is 1. The SMILES string of the molecule is Cc1ccc(NC(N)=NCCc2ccco2)cc1C. The highest BCUT2D eigenvalue weighted by molar-refractivity contribution is 5.92. The summed E-state index contributed by atoms with van der Waals surface area (Å²) < 4.78 is 5.23. The molecule has 100 valence electrons. The van der Waals surface area contributed by atoms with Gasteiger partial charge in [0, 0.05) is 18.7 Å². The quantitative estimate of drug-likeness (QED) is 0.654. The third kappa shape index (κ3) is 3.88. The van der Waals surface area contributed by atoms with E-state index in [1.165, 1.54) is 11.1 Å². The van der Waals surface area contributed by atoms with Crippen LogP contribution in [0.3, 0.4) is 0 Å². The summed E-state index contributed by atoms with van der Waals surface area (Å²) in [6.45, 7) is 4.77. The summed E-state index contributed by atoms with van der Waals surface area (Å²) in [5, 5.41) is 3.09. The second-order valence-electron chi connectivity index (χ2n) is 4.52. The van der Waals surface area contributed by atoms with Crippen LogP contribution in [0.25, 0.3) is 0 Å². The molecule has 0 spiro atoms. The zero-order chi connectivity index (χ0) is 13.7. The molecule has 2 aromatic rings. The molecule has 3 N–H and O–H groups in total. The molecule has 0 unspecified atom stereocenters. The summed E-state index contributed by atoms with van der Waals surface area (Å²) in [4.78, 5) is 4.27. The summed E-state index contributed by atoms with van der Waals surface area (Å²) in [5.41, 5.74) is 9.29. The van der Waals surface area contributed by atoms with Crippen LogP contribution in [-0.2, 0) is 6.42 Å². The van der Waals surface area contributed by atoms with Gasteiger partial charge in [0.15, 0.2) is 5.96 Å². The number of aliphatic imine (C=N–C) groups is 1. The van der Waals surface area contributed by atoms with Crippen molar-refractivity contribution in [3.05, 3.63) is 53.5 Å². The number of hydrogen-bond acceptors (Lipinski definition) is 2. The topological polar surface area (TPSA) is 63.5 Å². The van der Waals surface area contributed by atoms with Crippen molar-refractivity contribution in [3.63, 3.8) is 0 Å². The molecule has 0 fully saturated rings. The monoisotopic (exact) mass is 257 g/mol. The van der Waals surface area contributed by atoms with E-state index in [4.69, 9.17) is 10.2 Å². The van der Waals surface area contributed by atoms with Gasteiger partial charge in [0.05, 0.1) is 6.26 Å². The minimum Gasteiger partial charge on any atom is -0.469 e. The summed E-state index contributed by atoms with van der Waals surface area (Å²) in [7, 11) is 0. The molecule has 0 radical (unpaired) electrons. The van der Waals surface area contributed by atoms with Gasteiger partial charge in [-0.1, -0.05) is 6.07 Å². The van der Waals surface area contributed by atoms with Crippen LogP contribution in [0.1, 0.15) is 16.9 Å². The van der Waals surface area contributed by atoms with Gasteiger partial charge in [0.2, 0.25) is 0 Å². The van der Waals surface area contributed by atoms with E-state index >= 15 is 0 Å². The predicted molar refractivity (Wildman–Crippen MR) is 78.4 cm³/mol. The largest absolute Gasteiger partial charge is 0.469 e. The Bertz CT molecular complexity index is 559. The molecule has 0 amide bonds. The maximum Gasteiger partial charge on any atom is 0.193 e. The van der Waals surface area contributed by atoms with Gasteiger partial charge in [-0.3, -0.25) is 4.99 Å². The van der Waals surface area contributed by atoms with E-state index in [1.807, 2.05) is 18.2 Å². The normalized spacial score (nSPS) is 11.6. The Labute approximate surface area is 113 Å². The van der Waals surface area contributed by atoms with Gasteiger partial charge in [-0.15, -0.1) is 0 Å². The first kappa shape index (κ1) is 13.2. The Hall–Kier alpha value is -2.23. The molecular formula is C15H19N3O. The third-order valence-electron chi connectivity index (χ3n) is 3.00. The summed E-state index contributed by atoms with van der Waals surface area (Å²) in [5.74, 6) is 1.34. The van der Waals surface area contributed by atoms with Crippen molar-refractivity contribution < 1.29 is 4.42 Å².